The van der Waals surface area contributed by atoms with Gasteiger partial charge in [-0.25, -0.2) is 9.98 Å². The summed E-state index contributed by atoms with van der Waals surface area (Å²) in [6.45, 7) is 4.35. The molecule has 1 aliphatic heterocycles. The first-order valence-corrected chi connectivity index (χ1v) is 7.20. The molecule has 104 valence electrons. The molecule has 0 aliphatic carbocycles. The van der Waals surface area contributed by atoms with Gasteiger partial charge in [-0.2, -0.15) is 0 Å². The van der Waals surface area contributed by atoms with Crippen molar-refractivity contribution in [1.29, 1.82) is 0 Å². The number of nitrogens with zero attached hydrogens (tertiary/aromatic N) is 2. The highest BCUT2D eigenvalue weighted by Crippen LogP contribution is 2.28. The second-order valence-electron chi connectivity index (χ2n) is 4.84. The lowest BCUT2D eigenvalue weighted by atomic mass is 10.3. The maximum Gasteiger partial charge on any atom is 0.248 e. The molecule has 1 aromatic carbocycles. The third kappa shape index (κ3) is 2.72. The highest BCUT2D eigenvalue weighted by molar-refractivity contribution is 7.22. The first kappa shape index (κ1) is 12.9. The predicted octanol–water partition coefficient (Wildman–Crippen LogP) is 2.01. The quantitative estimate of drug-likeness (QED) is 0.807. The maximum atomic E-state index is 11.1. The van der Waals surface area contributed by atoms with Gasteiger partial charge in [-0.15, -0.1) is 0 Å². The molecule has 0 bridgehead atoms. The van der Waals surface area contributed by atoms with Crippen LogP contribution in [-0.2, 0) is 4.79 Å². The molecular formula is C13H15N5OS. The number of benzene rings is 1. The smallest absolute Gasteiger partial charge is 0.248 e. The van der Waals surface area contributed by atoms with Crippen molar-refractivity contribution >= 4 is 44.2 Å². The Kier molecular flexibility index (Phi) is 3.27. The van der Waals surface area contributed by atoms with E-state index in [2.05, 4.69) is 39.8 Å². The van der Waals surface area contributed by atoms with Crippen molar-refractivity contribution in [3.63, 3.8) is 0 Å². The highest BCUT2D eigenvalue weighted by atomic mass is 32.1. The maximum absolute atomic E-state index is 11.1. The van der Waals surface area contributed by atoms with Crippen molar-refractivity contribution in [2.24, 2.45) is 4.99 Å². The van der Waals surface area contributed by atoms with Gasteiger partial charge in [0.2, 0.25) is 11.9 Å². The molecule has 0 spiro atoms. The number of anilines is 2. The third-order valence-electron chi connectivity index (χ3n) is 2.70. The molecule has 1 aromatic heterocycles. The summed E-state index contributed by atoms with van der Waals surface area (Å²) in [5.74, 6) is 0.411. The van der Waals surface area contributed by atoms with Crippen LogP contribution in [0.3, 0.4) is 0 Å². The Bertz CT molecular complexity index is 691. The van der Waals surface area contributed by atoms with Crippen LogP contribution in [0.15, 0.2) is 23.2 Å². The van der Waals surface area contributed by atoms with Crippen LogP contribution in [0.5, 0.6) is 0 Å². The standard InChI is InChI=1S/C13H15N5OS/c1-7(2)15-13-17-9-4-3-8(5-10(9)20-13)16-12-14-6-11(19)18-12/h3-5,7H,6H2,1-2H3,(H,15,17)(H2,14,16,18,19). The average molecular weight is 289 g/mol. The molecule has 7 heteroatoms. The molecule has 0 radical (unpaired) electrons. The molecule has 6 nitrogen and oxygen atoms in total. The van der Waals surface area contributed by atoms with E-state index in [0.29, 0.717) is 12.0 Å². The predicted molar refractivity (Wildman–Crippen MR) is 82.4 cm³/mol. The van der Waals surface area contributed by atoms with Crippen molar-refractivity contribution < 1.29 is 4.79 Å². The minimum Gasteiger partial charge on any atom is -0.359 e. The molecular weight excluding hydrogens is 274 g/mol. The molecule has 0 unspecified atom stereocenters. The number of amides is 1. The zero-order valence-corrected chi connectivity index (χ0v) is 12.0. The van der Waals surface area contributed by atoms with Gasteiger partial charge in [-0.1, -0.05) is 11.3 Å². The SMILES string of the molecule is CC(C)Nc1nc2ccc(NC3=NCC(=O)N3)cc2s1. The topological polar surface area (TPSA) is 78.4 Å². The summed E-state index contributed by atoms with van der Waals surface area (Å²) >= 11 is 1.61. The molecule has 3 N–H and O–H groups in total. The van der Waals surface area contributed by atoms with E-state index >= 15 is 0 Å². The number of guanidine groups is 1. The monoisotopic (exact) mass is 289 g/mol. The first-order valence-electron chi connectivity index (χ1n) is 6.38. The molecule has 3 rings (SSSR count). The first-order chi connectivity index (χ1) is 9.60. The fraction of sp³-hybridized carbons (Fsp3) is 0.308. The number of aliphatic imine (C=N–C) groups is 1. The molecule has 0 atom stereocenters. The Balaban J connectivity index is 1.81. The third-order valence-corrected chi connectivity index (χ3v) is 3.65. The minimum atomic E-state index is -0.0882. The van der Waals surface area contributed by atoms with Crippen LogP contribution in [0.1, 0.15) is 13.8 Å². The van der Waals surface area contributed by atoms with Gasteiger partial charge in [0.1, 0.15) is 6.54 Å². The zero-order valence-electron chi connectivity index (χ0n) is 11.2. The van der Waals surface area contributed by atoms with E-state index in [4.69, 9.17) is 0 Å². The number of fused-ring (bicyclic) bond motifs is 1. The van der Waals surface area contributed by atoms with Crippen LogP contribution in [-0.4, -0.2) is 29.4 Å². The van der Waals surface area contributed by atoms with E-state index in [1.54, 1.807) is 11.3 Å². The Morgan fingerprint density at radius 1 is 1.40 bits per heavy atom. The van der Waals surface area contributed by atoms with Crippen LogP contribution in [0.4, 0.5) is 10.8 Å². The molecule has 0 saturated carbocycles. The number of hydrogen-bond donors (Lipinski definition) is 3. The number of carbonyl (C=O) groups excluding carboxylic acids is 1. The van der Waals surface area contributed by atoms with Crippen molar-refractivity contribution in [3.05, 3.63) is 18.2 Å². The summed E-state index contributed by atoms with van der Waals surface area (Å²) in [6, 6.07) is 6.24. The summed E-state index contributed by atoms with van der Waals surface area (Å²) < 4.78 is 1.09. The molecule has 20 heavy (non-hydrogen) atoms. The van der Waals surface area contributed by atoms with Gasteiger partial charge in [0.05, 0.1) is 10.2 Å². The van der Waals surface area contributed by atoms with Crippen LogP contribution in [0.2, 0.25) is 0 Å². The van der Waals surface area contributed by atoms with Gasteiger partial charge in [0.25, 0.3) is 0 Å². The summed E-state index contributed by atoms with van der Waals surface area (Å²) in [4.78, 5) is 19.7. The number of thiazole rings is 1. The summed E-state index contributed by atoms with van der Waals surface area (Å²) in [5, 5.41) is 9.96. The summed E-state index contributed by atoms with van der Waals surface area (Å²) in [6.07, 6.45) is 0. The second kappa shape index (κ2) is 5.09. The van der Waals surface area contributed by atoms with Gasteiger partial charge in [-0.3, -0.25) is 10.1 Å². The summed E-state index contributed by atoms with van der Waals surface area (Å²) in [7, 11) is 0. The van der Waals surface area contributed by atoms with Gasteiger partial charge in [0, 0.05) is 11.7 Å². The number of carbonyl (C=O) groups is 1. The second-order valence-corrected chi connectivity index (χ2v) is 5.87. The molecule has 2 heterocycles. The van der Waals surface area contributed by atoms with E-state index < -0.39 is 0 Å². The Hall–Kier alpha value is -2.15. The lowest BCUT2D eigenvalue weighted by Crippen LogP contribution is -2.30. The Morgan fingerprint density at radius 3 is 2.95 bits per heavy atom. The molecule has 2 aromatic rings. The van der Waals surface area contributed by atoms with Gasteiger partial charge in [-0.05, 0) is 32.0 Å². The number of hydrogen-bond acceptors (Lipinski definition) is 6. The van der Waals surface area contributed by atoms with E-state index in [0.717, 1.165) is 21.0 Å². The van der Waals surface area contributed by atoms with Crippen molar-refractivity contribution in [1.82, 2.24) is 10.3 Å². The number of aromatic nitrogens is 1. The van der Waals surface area contributed by atoms with E-state index in [1.165, 1.54) is 0 Å². The van der Waals surface area contributed by atoms with E-state index in [1.807, 2.05) is 18.2 Å². The Labute approximate surface area is 120 Å². The van der Waals surface area contributed by atoms with E-state index in [-0.39, 0.29) is 12.5 Å². The molecule has 0 fully saturated rings. The summed E-state index contributed by atoms with van der Waals surface area (Å²) in [5.41, 5.74) is 1.85. The van der Waals surface area contributed by atoms with Gasteiger partial charge in [0.15, 0.2) is 5.13 Å². The highest BCUT2D eigenvalue weighted by Gasteiger charge is 2.13. The fourth-order valence-corrected chi connectivity index (χ4v) is 2.93. The zero-order chi connectivity index (χ0) is 14.1. The lowest BCUT2D eigenvalue weighted by molar-refractivity contribution is -0.117. The fourth-order valence-electron chi connectivity index (χ4n) is 1.88. The van der Waals surface area contributed by atoms with Gasteiger partial charge < -0.3 is 10.6 Å². The van der Waals surface area contributed by atoms with Crippen molar-refractivity contribution in [2.75, 3.05) is 17.2 Å². The minimum absolute atomic E-state index is 0.0882. The molecule has 1 aliphatic rings. The van der Waals surface area contributed by atoms with Crippen molar-refractivity contribution in [2.45, 2.75) is 19.9 Å². The van der Waals surface area contributed by atoms with Crippen LogP contribution in [0.25, 0.3) is 10.2 Å². The van der Waals surface area contributed by atoms with Crippen LogP contribution < -0.4 is 16.0 Å². The van der Waals surface area contributed by atoms with Crippen LogP contribution in [0, 0.1) is 0 Å². The molecule has 0 saturated heterocycles. The number of nitrogens with one attached hydrogen (secondary N) is 3. The van der Waals surface area contributed by atoms with Gasteiger partial charge >= 0.3 is 0 Å². The van der Waals surface area contributed by atoms with Crippen molar-refractivity contribution in [3.8, 4) is 0 Å². The molecule has 1 amide bonds. The largest absolute Gasteiger partial charge is 0.359 e. The lowest BCUT2D eigenvalue weighted by Gasteiger charge is -2.04. The number of rotatable bonds is 3. The average Bonchev–Trinajstić information content (AvgIpc) is 2.94. The Morgan fingerprint density at radius 2 is 2.25 bits per heavy atom. The van der Waals surface area contributed by atoms with Crippen LogP contribution >= 0.6 is 11.3 Å². The van der Waals surface area contributed by atoms with E-state index in [9.17, 15) is 4.79 Å². The normalized spacial score (nSPS) is 14.6.